The van der Waals surface area contributed by atoms with Crippen molar-refractivity contribution in [1.29, 1.82) is 0 Å². The number of halogens is 2. The monoisotopic (exact) mass is 453 g/mol. The number of carbonyl (C=O) groups is 1. The molecule has 0 unspecified atom stereocenters. The van der Waals surface area contributed by atoms with E-state index >= 15 is 0 Å². The van der Waals surface area contributed by atoms with Crippen molar-refractivity contribution in [2.45, 2.75) is 13.5 Å². The highest BCUT2D eigenvalue weighted by molar-refractivity contribution is 5.96. The number of ether oxygens (including phenoxy) is 1. The molecule has 0 spiro atoms. The summed E-state index contributed by atoms with van der Waals surface area (Å²) in [6.07, 6.45) is 0. The van der Waals surface area contributed by atoms with E-state index < -0.39 is 29.0 Å². The molecule has 0 fully saturated rings. The fourth-order valence-electron chi connectivity index (χ4n) is 3.83. The van der Waals surface area contributed by atoms with E-state index in [1.54, 1.807) is 19.2 Å². The summed E-state index contributed by atoms with van der Waals surface area (Å²) in [6, 6.07) is 11.5. The minimum absolute atomic E-state index is 0.0391. The highest BCUT2D eigenvalue weighted by Gasteiger charge is 2.20. The molecule has 9 heteroatoms. The molecule has 0 saturated heterocycles. The topological polar surface area (TPSA) is 85.5 Å². The van der Waals surface area contributed by atoms with E-state index in [0.29, 0.717) is 27.8 Å². The van der Waals surface area contributed by atoms with E-state index in [-0.39, 0.29) is 12.3 Å². The van der Waals surface area contributed by atoms with Gasteiger partial charge < -0.3 is 15.2 Å². The summed E-state index contributed by atoms with van der Waals surface area (Å²) < 4.78 is 35.2. The fraction of sp³-hybridized carbons (Fsp3) is 0.167. The van der Waals surface area contributed by atoms with Crippen molar-refractivity contribution in [1.82, 2.24) is 9.13 Å². The number of aryl methyl sites for hydroxylation is 2. The molecule has 4 rings (SSSR count). The van der Waals surface area contributed by atoms with Crippen LogP contribution in [0, 0.1) is 18.6 Å². The van der Waals surface area contributed by atoms with Crippen LogP contribution >= 0.6 is 0 Å². The molecule has 1 aromatic heterocycles. The van der Waals surface area contributed by atoms with Gasteiger partial charge in [0.05, 0.1) is 18.1 Å². The number of imidazole rings is 1. The van der Waals surface area contributed by atoms with Gasteiger partial charge >= 0.3 is 5.69 Å². The molecule has 0 aliphatic rings. The van der Waals surface area contributed by atoms with Gasteiger partial charge in [0.15, 0.2) is 17.3 Å². The van der Waals surface area contributed by atoms with Gasteiger partial charge in [0.25, 0.3) is 0 Å². The van der Waals surface area contributed by atoms with E-state index in [9.17, 15) is 23.5 Å². The second-order valence-electron chi connectivity index (χ2n) is 7.67. The Morgan fingerprint density at radius 1 is 1.12 bits per heavy atom. The predicted octanol–water partition coefficient (Wildman–Crippen LogP) is 3.95. The number of methoxy groups -OCH3 is 1. The van der Waals surface area contributed by atoms with Crippen molar-refractivity contribution in [3.63, 3.8) is 0 Å². The first-order chi connectivity index (χ1) is 15.7. The molecule has 170 valence electrons. The van der Waals surface area contributed by atoms with E-state index in [1.807, 2.05) is 6.92 Å². The van der Waals surface area contributed by atoms with Crippen molar-refractivity contribution in [3.8, 4) is 22.6 Å². The molecule has 3 aromatic carbocycles. The number of fused-ring (bicyclic) bond motifs is 1. The van der Waals surface area contributed by atoms with Gasteiger partial charge in [0.2, 0.25) is 5.91 Å². The molecular weight excluding hydrogens is 432 g/mol. The zero-order valence-corrected chi connectivity index (χ0v) is 18.1. The molecule has 0 bridgehead atoms. The van der Waals surface area contributed by atoms with Gasteiger partial charge in [0, 0.05) is 18.3 Å². The molecule has 0 radical (unpaired) electrons. The van der Waals surface area contributed by atoms with Crippen LogP contribution in [0.5, 0.6) is 11.5 Å². The molecule has 2 N–H and O–H groups in total. The number of carbonyl (C=O) groups excluding carboxylic acids is 1. The summed E-state index contributed by atoms with van der Waals surface area (Å²) in [6.45, 7) is 1.54. The predicted molar refractivity (Wildman–Crippen MR) is 121 cm³/mol. The lowest BCUT2D eigenvalue weighted by Crippen LogP contribution is -2.28. The van der Waals surface area contributed by atoms with Crippen molar-refractivity contribution in [2.24, 2.45) is 7.05 Å². The molecule has 1 heterocycles. The molecule has 0 aliphatic heterocycles. The zero-order valence-electron chi connectivity index (χ0n) is 18.1. The quantitative estimate of drug-likeness (QED) is 0.479. The molecule has 0 aliphatic carbocycles. The normalized spacial score (nSPS) is 11.1. The molecule has 33 heavy (non-hydrogen) atoms. The number of phenolic OH excluding ortho intramolecular Hbond substituents is 1. The van der Waals surface area contributed by atoms with Gasteiger partial charge in [-0.25, -0.2) is 13.6 Å². The minimum atomic E-state index is -0.859. The highest BCUT2D eigenvalue weighted by Crippen LogP contribution is 2.37. The number of benzene rings is 3. The largest absolute Gasteiger partial charge is 0.502 e. The van der Waals surface area contributed by atoms with Crippen LogP contribution in [-0.2, 0) is 18.4 Å². The summed E-state index contributed by atoms with van der Waals surface area (Å²) >= 11 is 0. The van der Waals surface area contributed by atoms with Crippen molar-refractivity contribution in [3.05, 3.63) is 76.2 Å². The van der Waals surface area contributed by atoms with Gasteiger partial charge in [-0.1, -0.05) is 0 Å². The standard InChI is InChI=1S/C24H21F2N3O4/c1-13-8-17(14-10-18(26)23(31)20(11-14)33-3)22-19(9-13)29(24(32)28(22)2)12-21(30)27-16-6-4-15(25)5-7-16/h4-11,31H,12H2,1-3H3,(H,27,30). The Hall–Kier alpha value is -4.14. The summed E-state index contributed by atoms with van der Waals surface area (Å²) in [5.41, 5.74) is 2.67. The maximum absolute atomic E-state index is 14.3. The number of hydrogen-bond acceptors (Lipinski definition) is 4. The van der Waals surface area contributed by atoms with Gasteiger partial charge in [-0.2, -0.15) is 0 Å². The zero-order chi connectivity index (χ0) is 23.9. The van der Waals surface area contributed by atoms with Crippen LogP contribution in [0.15, 0.2) is 53.3 Å². The second-order valence-corrected chi connectivity index (χ2v) is 7.67. The number of rotatable bonds is 5. The Morgan fingerprint density at radius 3 is 2.48 bits per heavy atom. The Labute approximate surface area is 187 Å². The number of aromatic hydroxyl groups is 1. The Kier molecular flexibility index (Phi) is 5.63. The van der Waals surface area contributed by atoms with Crippen LogP contribution in [-0.4, -0.2) is 27.3 Å². The van der Waals surface area contributed by atoms with Gasteiger partial charge in [-0.05, 0) is 66.6 Å². The van der Waals surface area contributed by atoms with Crippen LogP contribution in [0.25, 0.3) is 22.2 Å². The van der Waals surface area contributed by atoms with Gasteiger partial charge in [-0.3, -0.25) is 13.9 Å². The van der Waals surface area contributed by atoms with Crippen molar-refractivity contribution >= 4 is 22.6 Å². The van der Waals surface area contributed by atoms with E-state index in [1.165, 1.54) is 46.6 Å². The number of anilines is 1. The molecule has 0 saturated carbocycles. The van der Waals surface area contributed by atoms with Gasteiger partial charge in [-0.15, -0.1) is 0 Å². The van der Waals surface area contributed by atoms with Crippen LogP contribution in [0.1, 0.15) is 5.56 Å². The lowest BCUT2D eigenvalue weighted by atomic mass is 10.0. The highest BCUT2D eigenvalue weighted by atomic mass is 19.1. The first-order valence-corrected chi connectivity index (χ1v) is 10.0. The fourth-order valence-corrected chi connectivity index (χ4v) is 3.83. The maximum Gasteiger partial charge on any atom is 0.329 e. The third-order valence-corrected chi connectivity index (χ3v) is 5.37. The van der Waals surface area contributed by atoms with Crippen molar-refractivity contribution < 1.29 is 23.4 Å². The summed E-state index contributed by atoms with van der Waals surface area (Å²) in [5, 5.41) is 12.5. The van der Waals surface area contributed by atoms with Crippen LogP contribution in [0.2, 0.25) is 0 Å². The maximum atomic E-state index is 14.3. The number of hydrogen-bond donors (Lipinski definition) is 2. The number of phenols is 1. The smallest absolute Gasteiger partial charge is 0.329 e. The third-order valence-electron chi connectivity index (χ3n) is 5.37. The summed E-state index contributed by atoms with van der Waals surface area (Å²) in [4.78, 5) is 25.6. The number of amides is 1. The SMILES string of the molecule is COc1cc(-c2cc(C)cc3c2n(C)c(=O)n3CC(=O)Nc2ccc(F)cc2)cc(F)c1O. The lowest BCUT2D eigenvalue weighted by Gasteiger charge is -2.11. The Balaban J connectivity index is 1.81. The van der Waals surface area contributed by atoms with E-state index in [4.69, 9.17) is 4.74 Å². The van der Waals surface area contributed by atoms with E-state index in [2.05, 4.69) is 5.32 Å². The van der Waals surface area contributed by atoms with E-state index in [0.717, 1.165) is 11.6 Å². The number of aromatic nitrogens is 2. The molecular formula is C24H21F2N3O4. The first-order valence-electron chi connectivity index (χ1n) is 10.0. The average molecular weight is 453 g/mol. The minimum Gasteiger partial charge on any atom is -0.502 e. The summed E-state index contributed by atoms with van der Waals surface area (Å²) in [5.74, 6) is -2.39. The second kappa shape index (κ2) is 8.42. The van der Waals surface area contributed by atoms with Gasteiger partial charge in [0.1, 0.15) is 12.4 Å². The number of nitrogens with one attached hydrogen (secondary N) is 1. The Morgan fingerprint density at radius 2 is 1.82 bits per heavy atom. The van der Waals surface area contributed by atoms with Crippen LogP contribution in [0.3, 0.4) is 0 Å². The molecule has 1 amide bonds. The molecule has 0 atom stereocenters. The molecule has 4 aromatic rings. The van der Waals surface area contributed by atoms with Crippen LogP contribution in [0.4, 0.5) is 14.5 Å². The van der Waals surface area contributed by atoms with Crippen LogP contribution < -0.4 is 15.7 Å². The lowest BCUT2D eigenvalue weighted by molar-refractivity contribution is -0.116. The average Bonchev–Trinajstić information content (AvgIpc) is 3.01. The first kappa shape index (κ1) is 22.1. The number of nitrogens with zero attached hydrogens (tertiary/aromatic N) is 2. The summed E-state index contributed by atoms with van der Waals surface area (Å²) in [7, 11) is 2.88. The molecule has 7 nitrogen and oxygen atoms in total. The third kappa shape index (κ3) is 4.05. The Bertz CT molecular complexity index is 1440. The van der Waals surface area contributed by atoms with Crippen molar-refractivity contribution in [2.75, 3.05) is 12.4 Å².